The lowest BCUT2D eigenvalue weighted by Gasteiger charge is -2.33. The molecule has 1 unspecified atom stereocenters. The van der Waals surface area contributed by atoms with E-state index in [4.69, 9.17) is 0 Å². The van der Waals surface area contributed by atoms with Gasteiger partial charge in [-0.25, -0.2) is 13.4 Å². The van der Waals surface area contributed by atoms with Crippen molar-refractivity contribution in [2.75, 3.05) is 19.6 Å². The zero-order valence-corrected chi connectivity index (χ0v) is 19.6. The van der Waals surface area contributed by atoms with E-state index in [0.29, 0.717) is 27.0 Å². The van der Waals surface area contributed by atoms with Crippen molar-refractivity contribution in [2.45, 2.75) is 63.3 Å². The lowest BCUT2D eigenvalue weighted by atomic mass is 10.0. The van der Waals surface area contributed by atoms with Crippen LogP contribution in [0.25, 0.3) is 10.7 Å². The second-order valence-electron chi connectivity index (χ2n) is 8.28. The molecule has 0 aliphatic carbocycles. The molecule has 4 rings (SSSR count). The minimum absolute atomic E-state index is 0.0370. The van der Waals surface area contributed by atoms with Crippen molar-refractivity contribution in [3.63, 3.8) is 0 Å². The molecule has 0 bridgehead atoms. The molecule has 2 saturated heterocycles. The number of thiazole rings is 1. The molecule has 0 N–H and O–H groups in total. The number of aryl methyl sites for hydroxylation is 2. The number of piperidine rings is 1. The van der Waals surface area contributed by atoms with Crippen molar-refractivity contribution >= 4 is 27.3 Å². The average Bonchev–Trinajstić information content (AvgIpc) is 3.47. The number of amides is 1. The average molecular weight is 451 g/mol. The molecule has 0 radical (unpaired) electrons. The Balaban J connectivity index is 1.64. The van der Waals surface area contributed by atoms with Crippen LogP contribution in [0.3, 0.4) is 0 Å². The SMILES string of the molecule is CCC1CCCCN1S(=O)(=O)c1cc(-c2nc(C)c(C(=O)N3CCCC3)s2)n(C)c1. The van der Waals surface area contributed by atoms with Gasteiger partial charge in [0.2, 0.25) is 10.0 Å². The summed E-state index contributed by atoms with van der Waals surface area (Å²) in [5, 5.41) is 0.685. The van der Waals surface area contributed by atoms with E-state index in [1.807, 2.05) is 25.8 Å². The van der Waals surface area contributed by atoms with Crippen LogP contribution in [0.15, 0.2) is 17.2 Å². The predicted octanol–water partition coefficient (Wildman–Crippen LogP) is 3.65. The van der Waals surface area contributed by atoms with E-state index in [0.717, 1.165) is 57.3 Å². The molecule has 4 heterocycles. The van der Waals surface area contributed by atoms with Crippen LogP contribution in [0.2, 0.25) is 0 Å². The zero-order valence-electron chi connectivity index (χ0n) is 17.9. The first-order chi connectivity index (χ1) is 14.3. The summed E-state index contributed by atoms with van der Waals surface area (Å²) in [7, 11) is -1.72. The number of nitrogens with zero attached hydrogens (tertiary/aromatic N) is 4. The van der Waals surface area contributed by atoms with Crippen LogP contribution in [0.1, 0.15) is 60.8 Å². The van der Waals surface area contributed by atoms with Gasteiger partial charge in [-0.3, -0.25) is 4.79 Å². The number of likely N-dealkylation sites (tertiary alicyclic amines) is 1. The van der Waals surface area contributed by atoms with E-state index in [2.05, 4.69) is 4.98 Å². The maximum Gasteiger partial charge on any atom is 0.265 e. The summed E-state index contributed by atoms with van der Waals surface area (Å²) in [6.45, 7) is 6.07. The monoisotopic (exact) mass is 450 g/mol. The Morgan fingerprint density at radius 2 is 1.90 bits per heavy atom. The summed E-state index contributed by atoms with van der Waals surface area (Å²) in [6.07, 6.45) is 7.50. The molecular weight excluding hydrogens is 420 g/mol. The molecule has 2 aliphatic rings. The van der Waals surface area contributed by atoms with Crippen LogP contribution in [0.5, 0.6) is 0 Å². The third kappa shape index (κ3) is 3.83. The number of carbonyl (C=O) groups is 1. The molecule has 0 aromatic carbocycles. The maximum absolute atomic E-state index is 13.3. The number of sulfonamides is 1. The van der Waals surface area contributed by atoms with Gasteiger partial charge in [0.15, 0.2) is 0 Å². The fraction of sp³-hybridized carbons (Fsp3) is 0.619. The normalized spacial score (nSPS) is 20.8. The lowest BCUT2D eigenvalue weighted by molar-refractivity contribution is 0.0796. The van der Waals surface area contributed by atoms with E-state index in [9.17, 15) is 13.2 Å². The van der Waals surface area contributed by atoms with E-state index in [1.165, 1.54) is 11.3 Å². The second-order valence-corrected chi connectivity index (χ2v) is 11.2. The van der Waals surface area contributed by atoms with Crippen LogP contribution >= 0.6 is 11.3 Å². The summed E-state index contributed by atoms with van der Waals surface area (Å²) in [4.78, 5) is 20.3. The van der Waals surface area contributed by atoms with E-state index in [1.54, 1.807) is 21.1 Å². The van der Waals surface area contributed by atoms with E-state index in [-0.39, 0.29) is 11.9 Å². The molecule has 0 spiro atoms. The van der Waals surface area contributed by atoms with Gasteiger partial charge >= 0.3 is 0 Å². The largest absolute Gasteiger partial charge is 0.347 e. The first-order valence-corrected chi connectivity index (χ1v) is 13.0. The van der Waals surface area contributed by atoms with Crippen molar-refractivity contribution in [3.8, 4) is 10.7 Å². The quantitative estimate of drug-likeness (QED) is 0.697. The fourth-order valence-corrected chi connectivity index (χ4v) is 7.42. The topological polar surface area (TPSA) is 75.5 Å². The standard InChI is InChI=1S/C21H30N4O3S2/c1-4-16-9-5-6-12-25(16)30(27,28)17-13-18(23(3)14-17)20-22-15(2)19(29-20)21(26)24-10-7-8-11-24/h13-14,16H,4-12H2,1-3H3. The minimum atomic E-state index is -3.55. The van der Waals surface area contributed by atoms with Crippen molar-refractivity contribution < 1.29 is 13.2 Å². The Kier molecular flexibility index (Phi) is 6.05. The number of hydrogen-bond donors (Lipinski definition) is 0. The van der Waals surface area contributed by atoms with Gasteiger partial charge in [0.05, 0.1) is 11.4 Å². The molecule has 9 heteroatoms. The lowest BCUT2D eigenvalue weighted by Crippen LogP contribution is -2.43. The van der Waals surface area contributed by atoms with Crippen molar-refractivity contribution in [1.29, 1.82) is 0 Å². The van der Waals surface area contributed by atoms with E-state index >= 15 is 0 Å². The fourth-order valence-electron chi connectivity index (χ4n) is 4.49. The highest BCUT2D eigenvalue weighted by Crippen LogP contribution is 2.33. The number of aromatic nitrogens is 2. The van der Waals surface area contributed by atoms with Gasteiger partial charge < -0.3 is 9.47 Å². The molecule has 7 nitrogen and oxygen atoms in total. The summed E-state index contributed by atoms with van der Waals surface area (Å²) in [6, 6.07) is 1.78. The molecule has 2 fully saturated rings. The van der Waals surface area contributed by atoms with Gasteiger partial charge in [-0.1, -0.05) is 13.3 Å². The van der Waals surface area contributed by atoms with Gasteiger partial charge in [0.25, 0.3) is 5.91 Å². The second kappa shape index (κ2) is 8.43. The van der Waals surface area contributed by atoms with Crippen LogP contribution in [-0.2, 0) is 17.1 Å². The van der Waals surface area contributed by atoms with E-state index < -0.39 is 10.0 Å². The predicted molar refractivity (Wildman–Crippen MR) is 118 cm³/mol. The first-order valence-electron chi connectivity index (χ1n) is 10.8. The van der Waals surface area contributed by atoms with Crippen LogP contribution in [0, 0.1) is 6.92 Å². The van der Waals surface area contributed by atoms with Crippen molar-refractivity contribution in [1.82, 2.24) is 18.8 Å². The van der Waals surface area contributed by atoms with Crippen LogP contribution in [-0.4, -0.2) is 58.8 Å². The molecule has 2 aromatic heterocycles. The highest BCUT2D eigenvalue weighted by atomic mass is 32.2. The highest BCUT2D eigenvalue weighted by molar-refractivity contribution is 7.89. The molecule has 1 amide bonds. The molecule has 30 heavy (non-hydrogen) atoms. The summed E-state index contributed by atoms with van der Waals surface area (Å²) < 4.78 is 30.2. The Morgan fingerprint density at radius 3 is 2.60 bits per heavy atom. The molecule has 0 saturated carbocycles. The molecule has 2 aromatic rings. The minimum Gasteiger partial charge on any atom is -0.347 e. The third-order valence-corrected chi connectivity index (χ3v) is 9.32. The van der Waals surface area contributed by atoms with Crippen LogP contribution < -0.4 is 0 Å². The van der Waals surface area contributed by atoms with Crippen molar-refractivity contribution in [2.24, 2.45) is 7.05 Å². The Hall–Kier alpha value is -1.71. The highest BCUT2D eigenvalue weighted by Gasteiger charge is 2.34. The number of rotatable bonds is 5. The third-order valence-electron chi connectivity index (χ3n) is 6.23. The molecular formula is C21H30N4O3S2. The Bertz CT molecular complexity index is 1030. The van der Waals surface area contributed by atoms with Gasteiger partial charge in [0.1, 0.15) is 14.8 Å². The summed E-state index contributed by atoms with van der Waals surface area (Å²) in [5.41, 5.74) is 1.44. The van der Waals surface area contributed by atoms with Crippen LogP contribution in [0.4, 0.5) is 0 Å². The van der Waals surface area contributed by atoms with Gasteiger partial charge in [-0.15, -0.1) is 11.3 Å². The molecule has 2 aliphatic heterocycles. The number of hydrogen-bond acceptors (Lipinski definition) is 5. The zero-order chi connectivity index (χ0) is 21.5. The van der Waals surface area contributed by atoms with Crippen molar-refractivity contribution in [3.05, 3.63) is 22.8 Å². The molecule has 1 atom stereocenters. The maximum atomic E-state index is 13.3. The Morgan fingerprint density at radius 1 is 1.20 bits per heavy atom. The van der Waals surface area contributed by atoms with Gasteiger partial charge in [-0.05, 0) is 45.1 Å². The first kappa shape index (κ1) is 21.5. The Labute approximate surface area is 182 Å². The van der Waals surface area contributed by atoms with Gasteiger partial charge in [0, 0.05) is 38.9 Å². The summed E-state index contributed by atoms with van der Waals surface area (Å²) in [5.74, 6) is 0.0370. The number of carbonyl (C=O) groups excluding carboxylic acids is 1. The van der Waals surface area contributed by atoms with Gasteiger partial charge in [-0.2, -0.15) is 4.31 Å². The smallest absolute Gasteiger partial charge is 0.265 e. The molecule has 164 valence electrons. The summed E-state index contributed by atoms with van der Waals surface area (Å²) >= 11 is 1.35.